The summed E-state index contributed by atoms with van der Waals surface area (Å²) in [5.74, 6) is -0.656. The monoisotopic (exact) mass is 452 g/mol. The maximum atomic E-state index is 12.1. The highest BCUT2D eigenvalue weighted by Crippen LogP contribution is 2.15. The average Bonchev–Trinajstić information content (AvgIpc) is 2.79. The quantitative estimate of drug-likeness (QED) is 0.321. The summed E-state index contributed by atoms with van der Waals surface area (Å²) in [6.07, 6.45) is 5.78. The van der Waals surface area contributed by atoms with Gasteiger partial charge in [-0.3, -0.25) is 29.8 Å². The number of nitrogens with one attached hydrogen (secondary N) is 2. The smallest absolute Gasteiger partial charge is 0.269 e. The van der Waals surface area contributed by atoms with E-state index < -0.39 is 15.3 Å². The van der Waals surface area contributed by atoms with Crippen LogP contribution in [0.3, 0.4) is 0 Å². The summed E-state index contributed by atoms with van der Waals surface area (Å²) < 4.78 is 0. The fraction of sp³-hybridized carbons (Fsp3) is 0.217. The van der Waals surface area contributed by atoms with Crippen LogP contribution in [0.2, 0.25) is 0 Å². The normalized spacial score (nSPS) is 11.5. The van der Waals surface area contributed by atoms with Crippen LogP contribution in [-0.4, -0.2) is 34.8 Å². The van der Waals surface area contributed by atoms with E-state index in [1.807, 2.05) is 13.8 Å². The molecule has 0 aliphatic rings. The second kappa shape index (κ2) is 11.3. The van der Waals surface area contributed by atoms with Gasteiger partial charge in [-0.05, 0) is 53.0 Å². The number of rotatable bonds is 10. The van der Waals surface area contributed by atoms with Crippen LogP contribution in [0, 0.1) is 25.6 Å². The van der Waals surface area contributed by atoms with E-state index in [-0.39, 0.29) is 23.2 Å². The van der Waals surface area contributed by atoms with Crippen LogP contribution in [-0.2, 0) is 9.59 Å². The van der Waals surface area contributed by atoms with Crippen molar-refractivity contribution >= 4 is 35.3 Å². The van der Waals surface area contributed by atoms with E-state index in [9.17, 15) is 29.8 Å². The molecular formula is C23H24N4O6. The Bertz CT molecular complexity index is 988. The molecule has 10 heteroatoms. The molecule has 0 saturated heterocycles. The number of non-ortho nitro benzene ring substituents is 2. The number of hydrogen-bond donors (Lipinski definition) is 2. The summed E-state index contributed by atoms with van der Waals surface area (Å²) in [5.41, 5.74) is 0.836. The number of nitro benzene ring substituents is 2. The van der Waals surface area contributed by atoms with E-state index >= 15 is 0 Å². The number of benzene rings is 2. The molecule has 0 heterocycles. The van der Waals surface area contributed by atoms with Crippen molar-refractivity contribution in [3.8, 4) is 0 Å². The third kappa shape index (κ3) is 8.74. The van der Waals surface area contributed by atoms with E-state index in [1.54, 1.807) is 36.4 Å². The molecule has 0 aliphatic carbocycles. The zero-order chi connectivity index (χ0) is 24.4. The molecule has 0 aromatic heterocycles. The van der Waals surface area contributed by atoms with Crippen molar-refractivity contribution in [2.75, 3.05) is 13.1 Å². The summed E-state index contributed by atoms with van der Waals surface area (Å²) in [6, 6.07) is 11.6. The van der Waals surface area contributed by atoms with Crippen LogP contribution in [0.1, 0.15) is 25.0 Å². The molecule has 0 spiro atoms. The predicted molar refractivity (Wildman–Crippen MR) is 124 cm³/mol. The van der Waals surface area contributed by atoms with E-state index in [0.717, 1.165) is 0 Å². The summed E-state index contributed by atoms with van der Waals surface area (Å²) in [4.78, 5) is 44.4. The lowest BCUT2D eigenvalue weighted by Crippen LogP contribution is -2.41. The van der Waals surface area contributed by atoms with Crippen LogP contribution in [0.4, 0.5) is 11.4 Å². The minimum Gasteiger partial charge on any atom is -0.352 e. The number of amides is 2. The summed E-state index contributed by atoms with van der Waals surface area (Å²) in [6.45, 7) is 4.38. The van der Waals surface area contributed by atoms with Gasteiger partial charge < -0.3 is 10.6 Å². The van der Waals surface area contributed by atoms with Crippen molar-refractivity contribution in [3.63, 3.8) is 0 Å². The molecule has 2 rings (SSSR count). The maximum Gasteiger partial charge on any atom is 0.269 e. The van der Waals surface area contributed by atoms with Crippen LogP contribution < -0.4 is 10.6 Å². The van der Waals surface area contributed by atoms with Gasteiger partial charge in [0.25, 0.3) is 11.4 Å². The molecule has 172 valence electrons. The topological polar surface area (TPSA) is 144 Å². The lowest BCUT2D eigenvalue weighted by Gasteiger charge is -2.24. The van der Waals surface area contributed by atoms with Crippen molar-refractivity contribution in [1.82, 2.24) is 10.6 Å². The molecular weight excluding hydrogens is 428 g/mol. The van der Waals surface area contributed by atoms with Gasteiger partial charge in [0.2, 0.25) is 11.8 Å². The molecule has 2 aromatic rings. The van der Waals surface area contributed by atoms with Crippen molar-refractivity contribution in [2.24, 2.45) is 5.41 Å². The molecule has 2 N–H and O–H groups in total. The number of nitro groups is 2. The molecule has 0 saturated carbocycles. The standard InChI is InChI=1S/C23H24N4O6/c1-23(2,15-24-21(28)13-7-17-3-9-19(10-4-17)26(30)31)16-25-22(29)14-8-18-5-11-20(12-6-18)27(32)33/h3-14H,15-16H2,1-2H3,(H,24,28)(H,25,29)/b13-7+,14-8+. The van der Waals surface area contributed by atoms with Gasteiger partial charge in [-0.1, -0.05) is 13.8 Å². The largest absolute Gasteiger partial charge is 0.352 e. The molecule has 0 atom stereocenters. The molecule has 0 fully saturated rings. The van der Waals surface area contributed by atoms with Gasteiger partial charge in [0.15, 0.2) is 0 Å². The fourth-order valence-electron chi connectivity index (χ4n) is 2.59. The Hall–Kier alpha value is -4.34. The van der Waals surface area contributed by atoms with Gasteiger partial charge in [-0.25, -0.2) is 0 Å². The first-order valence-corrected chi connectivity index (χ1v) is 9.96. The number of carbonyl (C=O) groups excluding carboxylic acids is 2. The van der Waals surface area contributed by atoms with Gasteiger partial charge >= 0.3 is 0 Å². The third-order valence-electron chi connectivity index (χ3n) is 4.54. The Morgan fingerprint density at radius 2 is 1.09 bits per heavy atom. The molecule has 2 amide bonds. The van der Waals surface area contributed by atoms with E-state index in [1.165, 1.54) is 36.4 Å². The average molecular weight is 452 g/mol. The first-order valence-electron chi connectivity index (χ1n) is 9.96. The lowest BCUT2D eigenvalue weighted by atomic mass is 9.93. The molecule has 0 unspecified atom stereocenters. The minimum atomic E-state index is -0.494. The minimum absolute atomic E-state index is 0.0250. The SMILES string of the molecule is CC(C)(CNC(=O)/C=C/c1ccc([N+](=O)[O-])cc1)CNC(=O)/C=C/c1ccc([N+](=O)[O-])cc1. The van der Waals surface area contributed by atoms with Gasteiger partial charge in [-0.15, -0.1) is 0 Å². The summed E-state index contributed by atoms with van der Waals surface area (Å²) in [7, 11) is 0. The molecule has 33 heavy (non-hydrogen) atoms. The Morgan fingerprint density at radius 1 is 0.758 bits per heavy atom. The summed E-state index contributed by atoms with van der Waals surface area (Å²) >= 11 is 0. The number of carbonyl (C=O) groups is 2. The van der Waals surface area contributed by atoms with Gasteiger partial charge in [0, 0.05) is 49.5 Å². The van der Waals surface area contributed by atoms with Crippen LogP contribution in [0.25, 0.3) is 12.2 Å². The third-order valence-corrected chi connectivity index (χ3v) is 4.54. The second-order valence-electron chi connectivity index (χ2n) is 7.96. The van der Waals surface area contributed by atoms with Crippen LogP contribution in [0.5, 0.6) is 0 Å². The number of hydrogen-bond acceptors (Lipinski definition) is 6. The van der Waals surface area contributed by atoms with Gasteiger partial charge in [-0.2, -0.15) is 0 Å². The highest BCUT2D eigenvalue weighted by atomic mass is 16.6. The van der Waals surface area contributed by atoms with E-state index in [2.05, 4.69) is 10.6 Å². The highest BCUT2D eigenvalue weighted by molar-refractivity contribution is 5.92. The maximum absolute atomic E-state index is 12.1. The first-order chi connectivity index (χ1) is 15.6. The molecule has 2 aromatic carbocycles. The second-order valence-corrected chi connectivity index (χ2v) is 7.96. The Balaban J connectivity index is 1.77. The summed E-state index contributed by atoms with van der Waals surface area (Å²) in [5, 5.41) is 26.8. The predicted octanol–water partition coefficient (Wildman–Crippen LogP) is 3.49. The van der Waals surface area contributed by atoms with Crippen molar-refractivity contribution in [3.05, 3.63) is 92.0 Å². The number of nitrogens with zero attached hydrogens (tertiary/aromatic N) is 2. The van der Waals surface area contributed by atoms with Crippen molar-refractivity contribution in [1.29, 1.82) is 0 Å². The first kappa shape index (κ1) is 24.9. The van der Waals surface area contributed by atoms with Crippen molar-refractivity contribution < 1.29 is 19.4 Å². The lowest BCUT2D eigenvalue weighted by molar-refractivity contribution is -0.385. The molecule has 0 bridgehead atoms. The highest BCUT2D eigenvalue weighted by Gasteiger charge is 2.19. The molecule has 0 aliphatic heterocycles. The van der Waals surface area contributed by atoms with Crippen LogP contribution in [0.15, 0.2) is 60.7 Å². The van der Waals surface area contributed by atoms with Gasteiger partial charge in [0.05, 0.1) is 9.85 Å². The van der Waals surface area contributed by atoms with E-state index in [4.69, 9.17) is 0 Å². The zero-order valence-corrected chi connectivity index (χ0v) is 18.2. The van der Waals surface area contributed by atoms with Crippen molar-refractivity contribution in [2.45, 2.75) is 13.8 Å². The molecule has 10 nitrogen and oxygen atoms in total. The Labute approximate surface area is 190 Å². The van der Waals surface area contributed by atoms with Gasteiger partial charge in [0.1, 0.15) is 0 Å². The zero-order valence-electron chi connectivity index (χ0n) is 18.2. The fourth-order valence-corrected chi connectivity index (χ4v) is 2.59. The van der Waals surface area contributed by atoms with E-state index in [0.29, 0.717) is 24.2 Å². The van der Waals surface area contributed by atoms with Crippen LogP contribution >= 0.6 is 0 Å². The molecule has 0 radical (unpaired) electrons. The Kier molecular flexibility index (Phi) is 8.56. The Morgan fingerprint density at radius 3 is 1.39 bits per heavy atom.